The molecule has 2 aliphatic rings. The number of nitrogens with zero attached hydrogens (tertiary/aromatic N) is 6. The molecule has 2 aromatic carbocycles. The van der Waals surface area contributed by atoms with Crippen LogP contribution >= 0.6 is 0 Å². The van der Waals surface area contributed by atoms with Crippen LogP contribution in [0.2, 0.25) is 0 Å². The van der Waals surface area contributed by atoms with Gasteiger partial charge in [-0.2, -0.15) is 0 Å². The van der Waals surface area contributed by atoms with Gasteiger partial charge in [0.1, 0.15) is 17.3 Å². The van der Waals surface area contributed by atoms with E-state index >= 15 is 0 Å². The standard InChI is InChI=1S/C39H44FN7O4/c1-3-44(19-20-51-2)24-26-10-12-27(13-11-26)28-7-6-8-32(21-28)46-36-33(22-29(40)23-41-36)38(49)47(39(46)50)31-16-14-30(15-17-31)42-37(48)34-25-45-18-5-4-9-35(45)43-34/h6-8,10-13,21-23,25,30-31H,3-5,9,14-20,24H2,1-2H3,(H,42,48). The number of rotatable bonds is 11. The van der Waals surface area contributed by atoms with Gasteiger partial charge in [0.05, 0.1) is 23.9 Å². The van der Waals surface area contributed by atoms with Crippen molar-refractivity contribution in [3.63, 3.8) is 0 Å². The minimum atomic E-state index is -0.651. The Kier molecular flexibility index (Phi) is 10.2. The van der Waals surface area contributed by atoms with Crippen LogP contribution in [0, 0.1) is 5.82 Å². The Labute approximate surface area is 295 Å². The molecular formula is C39H44FN7O4. The summed E-state index contributed by atoms with van der Waals surface area (Å²) in [5, 5.41) is 3.15. The average molecular weight is 694 g/mol. The van der Waals surface area contributed by atoms with Crippen LogP contribution in [0.3, 0.4) is 0 Å². The number of methoxy groups -OCH3 is 1. The summed E-state index contributed by atoms with van der Waals surface area (Å²) in [6.07, 6.45) is 8.07. The van der Waals surface area contributed by atoms with E-state index in [1.807, 2.05) is 24.4 Å². The van der Waals surface area contributed by atoms with Gasteiger partial charge in [-0.15, -0.1) is 0 Å². The summed E-state index contributed by atoms with van der Waals surface area (Å²) in [6, 6.07) is 16.5. The maximum absolute atomic E-state index is 14.5. The minimum Gasteiger partial charge on any atom is -0.383 e. The number of aryl methyl sites for hydroxylation is 2. The molecule has 0 saturated heterocycles. The van der Waals surface area contributed by atoms with Gasteiger partial charge in [-0.05, 0) is 80.0 Å². The number of hydrogen-bond acceptors (Lipinski definition) is 7. The number of hydrogen-bond donors (Lipinski definition) is 1. The van der Waals surface area contributed by atoms with E-state index in [2.05, 4.69) is 55.9 Å². The molecule has 11 nitrogen and oxygen atoms in total. The van der Waals surface area contributed by atoms with E-state index in [1.165, 1.54) is 14.7 Å². The van der Waals surface area contributed by atoms with Crippen molar-refractivity contribution in [2.45, 2.75) is 77.0 Å². The number of aromatic nitrogens is 5. The summed E-state index contributed by atoms with van der Waals surface area (Å²) >= 11 is 0. The highest BCUT2D eigenvalue weighted by atomic mass is 19.1. The normalized spacial score (nSPS) is 17.5. The highest BCUT2D eigenvalue weighted by Gasteiger charge is 2.29. The van der Waals surface area contributed by atoms with Gasteiger partial charge < -0.3 is 14.6 Å². The Bertz CT molecular complexity index is 2120. The maximum Gasteiger partial charge on any atom is 0.337 e. The van der Waals surface area contributed by atoms with E-state index < -0.39 is 23.1 Å². The van der Waals surface area contributed by atoms with Gasteiger partial charge >= 0.3 is 5.69 Å². The Morgan fingerprint density at radius 3 is 2.59 bits per heavy atom. The van der Waals surface area contributed by atoms with Crippen molar-refractivity contribution in [2.24, 2.45) is 0 Å². The Hall–Kier alpha value is -4.94. The largest absolute Gasteiger partial charge is 0.383 e. The van der Waals surface area contributed by atoms with Gasteiger partial charge in [-0.3, -0.25) is 19.1 Å². The third-order valence-electron chi connectivity index (χ3n) is 10.3. The number of pyridine rings is 1. The molecule has 1 N–H and O–H groups in total. The Morgan fingerprint density at radius 1 is 1.04 bits per heavy atom. The second-order valence-electron chi connectivity index (χ2n) is 13.6. The molecule has 5 aromatic rings. The topological polar surface area (TPSA) is 116 Å². The molecule has 1 aliphatic heterocycles. The molecule has 0 radical (unpaired) electrons. The molecule has 1 fully saturated rings. The molecule has 0 spiro atoms. The Balaban J connectivity index is 1.14. The van der Waals surface area contributed by atoms with Crippen molar-refractivity contribution in [3.8, 4) is 16.8 Å². The highest BCUT2D eigenvalue weighted by molar-refractivity contribution is 5.92. The molecule has 266 valence electrons. The third-order valence-corrected chi connectivity index (χ3v) is 10.3. The maximum atomic E-state index is 14.5. The highest BCUT2D eigenvalue weighted by Crippen LogP contribution is 2.29. The first-order chi connectivity index (χ1) is 24.8. The van der Waals surface area contributed by atoms with E-state index in [4.69, 9.17) is 4.74 Å². The number of imidazole rings is 1. The van der Waals surface area contributed by atoms with Crippen molar-refractivity contribution in [1.29, 1.82) is 0 Å². The summed E-state index contributed by atoms with van der Waals surface area (Å²) in [4.78, 5) is 52.3. The molecule has 3 aromatic heterocycles. The summed E-state index contributed by atoms with van der Waals surface area (Å²) in [6.45, 7) is 6.27. The first-order valence-corrected chi connectivity index (χ1v) is 17.9. The molecule has 0 atom stereocenters. The van der Waals surface area contributed by atoms with Crippen LogP contribution in [0.25, 0.3) is 27.8 Å². The minimum absolute atomic E-state index is 0.0393. The van der Waals surface area contributed by atoms with E-state index in [1.54, 1.807) is 13.2 Å². The number of nitrogens with one attached hydrogen (secondary N) is 1. The smallest absolute Gasteiger partial charge is 0.337 e. The summed E-state index contributed by atoms with van der Waals surface area (Å²) in [5.74, 6) is 0.0948. The number of ether oxygens (including phenoxy) is 1. The lowest BCUT2D eigenvalue weighted by molar-refractivity contribution is 0.0917. The number of carbonyl (C=O) groups is 1. The predicted octanol–water partition coefficient (Wildman–Crippen LogP) is 5.27. The zero-order valence-electron chi connectivity index (χ0n) is 29.2. The fourth-order valence-electron chi connectivity index (χ4n) is 7.45. The first kappa shape index (κ1) is 34.5. The van der Waals surface area contributed by atoms with Crippen molar-refractivity contribution >= 4 is 16.9 Å². The van der Waals surface area contributed by atoms with E-state index in [0.29, 0.717) is 43.7 Å². The predicted molar refractivity (Wildman–Crippen MR) is 194 cm³/mol. The summed E-state index contributed by atoms with van der Waals surface area (Å²) in [5.41, 5.74) is 3.02. The fourth-order valence-corrected chi connectivity index (χ4v) is 7.45. The number of halogens is 1. The second kappa shape index (κ2) is 15.1. The molecule has 1 saturated carbocycles. The number of carbonyl (C=O) groups excluding carboxylic acids is 1. The van der Waals surface area contributed by atoms with Gasteiger partial charge in [0.15, 0.2) is 5.65 Å². The quantitative estimate of drug-likeness (QED) is 0.201. The average Bonchev–Trinajstić information content (AvgIpc) is 3.60. The van der Waals surface area contributed by atoms with Gasteiger partial charge in [0, 0.05) is 51.4 Å². The number of benzene rings is 2. The van der Waals surface area contributed by atoms with Crippen LogP contribution in [0.15, 0.2) is 76.6 Å². The Morgan fingerprint density at radius 2 is 1.84 bits per heavy atom. The van der Waals surface area contributed by atoms with Crippen molar-refractivity contribution in [1.82, 2.24) is 33.9 Å². The zero-order valence-corrected chi connectivity index (χ0v) is 29.2. The molecule has 0 bridgehead atoms. The van der Waals surface area contributed by atoms with Crippen LogP contribution in [-0.2, 0) is 24.2 Å². The monoisotopic (exact) mass is 693 g/mol. The van der Waals surface area contributed by atoms with Crippen LogP contribution in [0.1, 0.15) is 73.4 Å². The van der Waals surface area contributed by atoms with Gasteiger partial charge in [0.2, 0.25) is 0 Å². The molecular weight excluding hydrogens is 649 g/mol. The number of fused-ring (bicyclic) bond motifs is 2. The lowest BCUT2D eigenvalue weighted by Crippen LogP contribution is -2.45. The molecule has 1 aliphatic carbocycles. The molecule has 7 rings (SSSR count). The van der Waals surface area contributed by atoms with Gasteiger partial charge in [-0.1, -0.05) is 43.3 Å². The first-order valence-electron chi connectivity index (χ1n) is 17.9. The fraction of sp³-hybridized carbons (Fsp3) is 0.410. The van der Waals surface area contributed by atoms with Crippen LogP contribution in [-0.4, -0.2) is 67.3 Å². The van der Waals surface area contributed by atoms with Crippen LogP contribution in [0.4, 0.5) is 4.39 Å². The lowest BCUT2D eigenvalue weighted by atomic mass is 9.90. The molecule has 51 heavy (non-hydrogen) atoms. The second-order valence-corrected chi connectivity index (χ2v) is 13.6. The molecule has 4 heterocycles. The van der Waals surface area contributed by atoms with Crippen molar-refractivity contribution < 1.29 is 13.9 Å². The zero-order chi connectivity index (χ0) is 35.5. The summed E-state index contributed by atoms with van der Waals surface area (Å²) in [7, 11) is 1.71. The van der Waals surface area contributed by atoms with Crippen LogP contribution in [0.5, 0.6) is 0 Å². The van der Waals surface area contributed by atoms with Crippen molar-refractivity contribution in [3.05, 3.63) is 111 Å². The van der Waals surface area contributed by atoms with Gasteiger partial charge in [0.25, 0.3) is 11.5 Å². The summed E-state index contributed by atoms with van der Waals surface area (Å²) < 4.78 is 24.5. The van der Waals surface area contributed by atoms with E-state index in [0.717, 1.165) is 74.7 Å². The number of likely N-dealkylation sites (N-methyl/N-ethyl adjacent to an activating group) is 1. The SMILES string of the molecule is CCN(CCOC)Cc1ccc(-c2cccc(-n3c(=O)n(C4CCC(NC(=O)c5cn6c(n5)CCCC6)CC4)c(=O)c4cc(F)cnc43)c2)cc1. The van der Waals surface area contributed by atoms with E-state index in [9.17, 15) is 18.8 Å². The van der Waals surface area contributed by atoms with Crippen LogP contribution < -0.4 is 16.6 Å². The molecule has 0 unspecified atom stereocenters. The van der Waals surface area contributed by atoms with Crippen molar-refractivity contribution in [2.75, 3.05) is 26.8 Å². The third kappa shape index (κ3) is 7.29. The lowest BCUT2D eigenvalue weighted by Gasteiger charge is -2.30. The molecule has 1 amide bonds. The molecule has 12 heteroatoms. The van der Waals surface area contributed by atoms with E-state index in [-0.39, 0.29) is 23.0 Å². The number of amides is 1. The van der Waals surface area contributed by atoms with Gasteiger partial charge in [-0.25, -0.2) is 23.7 Å².